The molecule has 2 N–H and O–H groups in total. The Kier molecular flexibility index (Phi) is 3.09. The first-order valence-corrected chi connectivity index (χ1v) is 7.20. The summed E-state index contributed by atoms with van der Waals surface area (Å²) in [6.45, 7) is 0. The van der Waals surface area contributed by atoms with Gasteiger partial charge in [0.15, 0.2) is 0 Å². The lowest BCUT2D eigenvalue weighted by molar-refractivity contribution is 0.480. The molecule has 0 aliphatic heterocycles. The molecule has 1 aromatic heterocycles. The lowest BCUT2D eigenvalue weighted by Crippen LogP contribution is -1.83. The van der Waals surface area contributed by atoms with Crippen LogP contribution >= 0.6 is 33.9 Å². The fourth-order valence-electron chi connectivity index (χ4n) is 1.57. The van der Waals surface area contributed by atoms with E-state index in [2.05, 4.69) is 27.6 Å². The molecule has 2 aromatic carbocycles. The largest absolute Gasteiger partial charge is 0.431 e. The van der Waals surface area contributed by atoms with E-state index < -0.39 is 0 Å². The highest BCUT2D eigenvalue weighted by Crippen LogP contribution is 2.32. The summed E-state index contributed by atoms with van der Waals surface area (Å²) in [5, 5.41) is 0.636. The number of rotatable bonds is 2. The third-order valence-corrected chi connectivity index (χ3v) is 4.03. The van der Waals surface area contributed by atoms with Crippen molar-refractivity contribution in [3.8, 4) is 10.9 Å². The van der Waals surface area contributed by atoms with Crippen molar-refractivity contribution in [1.82, 2.24) is 4.98 Å². The molecule has 3 nitrogen and oxygen atoms in total. The zero-order chi connectivity index (χ0) is 12.5. The summed E-state index contributed by atoms with van der Waals surface area (Å²) in [6, 6.07) is 13.5. The Bertz CT molecular complexity index is 694. The number of hydrogen-bond donors (Lipinski definition) is 1. The van der Waals surface area contributed by atoms with Gasteiger partial charge in [-0.15, -0.1) is 0 Å². The van der Waals surface area contributed by atoms with Crippen LogP contribution in [0.4, 0.5) is 5.69 Å². The molecule has 0 saturated carbocycles. The van der Waals surface area contributed by atoms with Gasteiger partial charge in [0.05, 0.1) is 10.2 Å². The standard InChI is InChI=1S/C13H9IN2OS/c14-8-1-4-10(5-2-8)17-13-16-11-6-3-9(15)7-12(11)18-13/h1-7H,15H2. The van der Waals surface area contributed by atoms with Gasteiger partial charge < -0.3 is 10.5 Å². The zero-order valence-corrected chi connectivity index (χ0v) is 12.2. The molecule has 1 heterocycles. The van der Waals surface area contributed by atoms with E-state index in [1.165, 1.54) is 14.9 Å². The molecule has 3 rings (SSSR count). The molecule has 0 saturated heterocycles. The molecule has 3 aromatic rings. The van der Waals surface area contributed by atoms with Crippen LogP contribution in [0.15, 0.2) is 42.5 Å². The Morgan fingerprint density at radius 3 is 2.67 bits per heavy atom. The Hall–Kier alpha value is -1.34. The summed E-state index contributed by atoms with van der Waals surface area (Å²) in [6.07, 6.45) is 0. The highest BCUT2D eigenvalue weighted by Gasteiger charge is 2.06. The Labute approximate surface area is 122 Å². The molecule has 0 unspecified atom stereocenters. The first-order valence-electron chi connectivity index (χ1n) is 5.30. The van der Waals surface area contributed by atoms with E-state index in [0.717, 1.165) is 21.7 Å². The van der Waals surface area contributed by atoms with E-state index in [-0.39, 0.29) is 0 Å². The second-order valence-corrected chi connectivity index (χ2v) is 6.00. The molecule has 0 aliphatic carbocycles. The average molecular weight is 368 g/mol. The number of ether oxygens (including phenoxy) is 1. The monoisotopic (exact) mass is 368 g/mol. The van der Waals surface area contributed by atoms with Crippen LogP contribution in [0.1, 0.15) is 0 Å². The number of anilines is 1. The molecular weight excluding hydrogens is 359 g/mol. The number of nitrogens with zero attached hydrogens (tertiary/aromatic N) is 1. The SMILES string of the molecule is Nc1ccc2nc(Oc3ccc(I)cc3)sc2c1. The number of aromatic nitrogens is 1. The Morgan fingerprint density at radius 2 is 1.89 bits per heavy atom. The van der Waals surface area contributed by atoms with Crippen LogP contribution in [0.2, 0.25) is 0 Å². The van der Waals surface area contributed by atoms with Crippen LogP contribution in [0, 0.1) is 3.57 Å². The molecule has 90 valence electrons. The van der Waals surface area contributed by atoms with E-state index in [0.29, 0.717) is 5.19 Å². The normalized spacial score (nSPS) is 10.7. The van der Waals surface area contributed by atoms with E-state index in [1.54, 1.807) is 0 Å². The van der Waals surface area contributed by atoms with Crippen molar-refractivity contribution in [2.24, 2.45) is 0 Å². The fourth-order valence-corrected chi connectivity index (χ4v) is 2.81. The van der Waals surface area contributed by atoms with Crippen molar-refractivity contribution >= 4 is 49.8 Å². The molecule has 0 amide bonds. The summed E-state index contributed by atoms with van der Waals surface area (Å²) in [5.74, 6) is 0.794. The van der Waals surface area contributed by atoms with Crippen LogP contribution in [0.25, 0.3) is 10.2 Å². The topological polar surface area (TPSA) is 48.1 Å². The van der Waals surface area contributed by atoms with Gasteiger partial charge in [0.1, 0.15) is 5.75 Å². The van der Waals surface area contributed by atoms with Crippen LogP contribution in [-0.2, 0) is 0 Å². The molecule has 0 atom stereocenters. The predicted octanol–water partition coefficient (Wildman–Crippen LogP) is 4.28. The summed E-state index contributed by atoms with van der Waals surface area (Å²) in [5.41, 5.74) is 7.39. The van der Waals surface area contributed by atoms with Gasteiger partial charge in [-0.1, -0.05) is 11.3 Å². The molecular formula is C13H9IN2OS. The number of nitrogen functional groups attached to an aromatic ring is 1. The second-order valence-electron chi connectivity index (χ2n) is 3.76. The van der Waals surface area contributed by atoms with Gasteiger partial charge in [-0.2, -0.15) is 0 Å². The van der Waals surface area contributed by atoms with Crippen molar-refractivity contribution in [2.45, 2.75) is 0 Å². The van der Waals surface area contributed by atoms with E-state index in [9.17, 15) is 0 Å². The van der Waals surface area contributed by atoms with Gasteiger partial charge in [-0.05, 0) is 65.1 Å². The van der Waals surface area contributed by atoms with E-state index in [1.807, 2.05) is 42.5 Å². The minimum absolute atomic E-state index is 0.636. The Morgan fingerprint density at radius 1 is 1.11 bits per heavy atom. The number of thiazole rings is 1. The van der Waals surface area contributed by atoms with Crippen molar-refractivity contribution in [2.75, 3.05) is 5.73 Å². The third kappa shape index (κ3) is 2.41. The predicted molar refractivity (Wildman–Crippen MR) is 83.3 cm³/mol. The minimum atomic E-state index is 0.636. The first kappa shape index (κ1) is 11.7. The van der Waals surface area contributed by atoms with Gasteiger partial charge in [-0.25, -0.2) is 4.98 Å². The molecule has 0 bridgehead atoms. The van der Waals surface area contributed by atoms with E-state index >= 15 is 0 Å². The number of benzene rings is 2. The quantitative estimate of drug-likeness (QED) is 0.543. The lowest BCUT2D eigenvalue weighted by atomic mass is 10.3. The smallest absolute Gasteiger partial charge is 0.279 e. The Balaban J connectivity index is 1.92. The van der Waals surface area contributed by atoms with Crippen molar-refractivity contribution in [3.63, 3.8) is 0 Å². The third-order valence-electron chi connectivity index (χ3n) is 2.41. The van der Waals surface area contributed by atoms with Gasteiger partial charge >= 0.3 is 0 Å². The number of nitrogens with two attached hydrogens (primary N) is 1. The van der Waals surface area contributed by atoms with Crippen LogP contribution in [-0.4, -0.2) is 4.98 Å². The summed E-state index contributed by atoms with van der Waals surface area (Å²) in [4.78, 5) is 4.41. The minimum Gasteiger partial charge on any atom is -0.431 e. The van der Waals surface area contributed by atoms with Gasteiger partial charge in [0.25, 0.3) is 5.19 Å². The van der Waals surface area contributed by atoms with Crippen molar-refractivity contribution in [3.05, 3.63) is 46.0 Å². The van der Waals surface area contributed by atoms with Gasteiger partial charge in [-0.3, -0.25) is 0 Å². The maximum absolute atomic E-state index is 5.74. The maximum atomic E-state index is 5.74. The number of hydrogen-bond acceptors (Lipinski definition) is 4. The van der Waals surface area contributed by atoms with Gasteiger partial charge in [0, 0.05) is 9.26 Å². The molecule has 0 fully saturated rings. The molecule has 0 aliphatic rings. The van der Waals surface area contributed by atoms with Crippen molar-refractivity contribution < 1.29 is 4.74 Å². The molecule has 0 radical (unpaired) electrons. The maximum Gasteiger partial charge on any atom is 0.279 e. The molecule has 0 spiro atoms. The van der Waals surface area contributed by atoms with Crippen molar-refractivity contribution in [1.29, 1.82) is 0 Å². The summed E-state index contributed by atoms with van der Waals surface area (Å²) in [7, 11) is 0. The number of halogens is 1. The highest BCUT2D eigenvalue weighted by atomic mass is 127. The summed E-state index contributed by atoms with van der Waals surface area (Å²) < 4.78 is 7.94. The highest BCUT2D eigenvalue weighted by molar-refractivity contribution is 14.1. The average Bonchev–Trinajstić information content (AvgIpc) is 2.73. The fraction of sp³-hybridized carbons (Fsp3) is 0. The lowest BCUT2D eigenvalue weighted by Gasteiger charge is -2.00. The van der Waals surface area contributed by atoms with Crippen LogP contribution in [0.5, 0.6) is 10.9 Å². The zero-order valence-electron chi connectivity index (χ0n) is 9.26. The first-order chi connectivity index (χ1) is 8.70. The molecule has 18 heavy (non-hydrogen) atoms. The van der Waals surface area contributed by atoms with Gasteiger partial charge in [0.2, 0.25) is 0 Å². The number of fused-ring (bicyclic) bond motifs is 1. The van der Waals surface area contributed by atoms with Crippen LogP contribution in [0.3, 0.4) is 0 Å². The molecule has 5 heteroatoms. The van der Waals surface area contributed by atoms with Crippen LogP contribution < -0.4 is 10.5 Å². The summed E-state index contributed by atoms with van der Waals surface area (Å²) >= 11 is 3.76. The second kappa shape index (κ2) is 4.74. The van der Waals surface area contributed by atoms with E-state index in [4.69, 9.17) is 10.5 Å².